The van der Waals surface area contributed by atoms with E-state index in [1.54, 1.807) is 35.0 Å². The lowest BCUT2D eigenvalue weighted by atomic mass is 9.92. The van der Waals surface area contributed by atoms with Gasteiger partial charge in [0.2, 0.25) is 5.91 Å². The van der Waals surface area contributed by atoms with E-state index in [0.29, 0.717) is 16.5 Å². The van der Waals surface area contributed by atoms with Crippen LogP contribution in [0.15, 0.2) is 54.6 Å². The third-order valence-electron chi connectivity index (χ3n) is 4.98. The molecule has 1 heterocycles. The molecular formula is C24H24ClF3N4O2. The number of anilines is 1. The van der Waals surface area contributed by atoms with Crippen LogP contribution in [0.3, 0.4) is 0 Å². The van der Waals surface area contributed by atoms with Crippen LogP contribution in [0.5, 0.6) is 0 Å². The van der Waals surface area contributed by atoms with Crippen LogP contribution in [0, 0.1) is 0 Å². The van der Waals surface area contributed by atoms with Gasteiger partial charge in [0, 0.05) is 29.1 Å². The van der Waals surface area contributed by atoms with Crippen molar-refractivity contribution in [1.29, 1.82) is 0 Å². The standard InChI is InChI=1S/C24H24ClF3N4O2/c1-23(2,3)19-13-20(32(30-19)18-10-8-17(25)9-11-18)29-21(33)14-31(4)22(34)15-6-5-7-16(12-15)24(26,27)28/h5-13H,14H2,1-4H3,(H,29,33). The van der Waals surface area contributed by atoms with Gasteiger partial charge in [-0.15, -0.1) is 0 Å². The van der Waals surface area contributed by atoms with Crippen LogP contribution in [0.25, 0.3) is 5.69 Å². The van der Waals surface area contributed by atoms with Gasteiger partial charge in [0.25, 0.3) is 5.91 Å². The van der Waals surface area contributed by atoms with E-state index < -0.39 is 23.6 Å². The number of alkyl halides is 3. The number of aromatic nitrogens is 2. The molecule has 3 rings (SSSR count). The second-order valence-electron chi connectivity index (χ2n) is 8.84. The van der Waals surface area contributed by atoms with Crippen molar-refractivity contribution in [1.82, 2.24) is 14.7 Å². The number of nitrogens with zero attached hydrogens (tertiary/aromatic N) is 3. The second kappa shape index (κ2) is 9.50. The fourth-order valence-electron chi connectivity index (χ4n) is 3.13. The molecule has 0 unspecified atom stereocenters. The maximum atomic E-state index is 13.0. The highest BCUT2D eigenvalue weighted by Gasteiger charge is 2.31. The fraction of sp³-hybridized carbons (Fsp3) is 0.292. The van der Waals surface area contributed by atoms with Crippen molar-refractivity contribution in [3.05, 3.63) is 76.4 Å². The smallest absolute Gasteiger partial charge is 0.332 e. The molecule has 1 N–H and O–H groups in total. The van der Waals surface area contributed by atoms with Crippen molar-refractivity contribution in [2.75, 3.05) is 18.9 Å². The first kappa shape index (κ1) is 25.3. The number of rotatable bonds is 5. The molecule has 2 amide bonds. The maximum absolute atomic E-state index is 13.0. The van der Waals surface area contributed by atoms with Crippen LogP contribution in [0.2, 0.25) is 5.02 Å². The van der Waals surface area contributed by atoms with Crippen LogP contribution < -0.4 is 5.32 Å². The predicted molar refractivity (Wildman–Crippen MR) is 124 cm³/mol. The molecule has 2 aromatic carbocycles. The molecule has 180 valence electrons. The lowest BCUT2D eigenvalue weighted by molar-refractivity contribution is -0.137. The summed E-state index contributed by atoms with van der Waals surface area (Å²) in [6, 6.07) is 12.7. The Balaban J connectivity index is 1.79. The molecule has 10 heteroatoms. The molecule has 0 saturated carbocycles. The van der Waals surface area contributed by atoms with Gasteiger partial charge >= 0.3 is 6.18 Å². The Morgan fingerprint density at radius 2 is 1.71 bits per heavy atom. The van der Waals surface area contributed by atoms with Crippen molar-refractivity contribution in [3.8, 4) is 5.69 Å². The van der Waals surface area contributed by atoms with E-state index in [9.17, 15) is 22.8 Å². The van der Waals surface area contributed by atoms with E-state index in [4.69, 9.17) is 11.6 Å². The third kappa shape index (κ3) is 5.96. The molecule has 3 aromatic rings. The molecular weight excluding hydrogens is 469 g/mol. The molecule has 0 bridgehead atoms. The average Bonchev–Trinajstić information content (AvgIpc) is 3.17. The van der Waals surface area contributed by atoms with E-state index >= 15 is 0 Å². The Morgan fingerprint density at radius 3 is 2.29 bits per heavy atom. The first-order valence-electron chi connectivity index (χ1n) is 10.3. The quantitative estimate of drug-likeness (QED) is 0.507. The zero-order valence-corrected chi connectivity index (χ0v) is 19.8. The van der Waals surface area contributed by atoms with E-state index in [1.165, 1.54) is 13.1 Å². The summed E-state index contributed by atoms with van der Waals surface area (Å²) >= 11 is 5.97. The first-order valence-corrected chi connectivity index (χ1v) is 10.7. The zero-order valence-electron chi connectivity index (χ0n) is 19.1. The number of amides is 2. The fourth-order valence-corrected chi connectivity index (χ4v) is 3.26. The number of carbonyl (C=O) groups excluding carboxylic acids is 2. The molecule has 0 aliphatic carbocycles. The summed E-state index contributed by atoms with van der Waals surface area (Å²) in [6.45, 7) is 5.57. The van der Waals surface area contributed by atoms with Crippen LogP contribution in [-0.2, 0) is 16.4 Å². The maximum Gasteiger partial charge on any atom is 0.416 e. The molecule has 0 radical (unpaired) electrons. The molecule has 0 aliphatic rings. The normalized spacial score (nSPS) is 11.9. The summed E-state index contributed by atoms with van der Waals surface area (Å²) in [4.78, 5) is 26.4. The van der Waals surface area contributed by atoms with Gasteiger partial charge in [0.1, 0.15) is 5.82 Å². The van der Waals surface area contributed by atoms with Crippen molar-refractivity contribution in [2.45, 2.75) is 32.4 Å². The van der Waals surface area contributed by atoms with Crippen LogP contribution in [-0.4, -0.2) is 40.1 Å². The molecule has 34 heavy (non-hydrogen) atoms. The van der Waals surface area contributed by atoms with Gasteiger partial charge in [-0.1, -0.05) is 38.4 Å². The summed E-state index contributed by atoms with van der Waals surface area (Å²) in [6.07, 6.45) is -4.57. The average molecular weight is 493 g/mol. The van der Waals surface area contributed by atoms with Gasteiger partial charge in [-0.05, 0) is 42.5 Å². The van der Waals surface area contributed by atoms with Gasteiger partial charge in [0.15, 0.2) is 0 Å². The summed E-state index contributed by atoms with van der Waals surface area (Å²) in [7, 11) is 1.35. The Kier molecular flexibility index (Phi) is 7.07. The van der Waals surface area contributed by atoms with Crippen molar-refractivity contribution >= 4 is 29.2 Å². The highest BCUT2D eigenvalue weighted by Crippen LogP contribution is 2.30. The van der Waals surface area contributed by atoms with Crippen LogP contribution >= 0.6 is 11.6 Å². The van der Waals surface area contributed by atoms with Gasteiger partial charge in [-0.25, -0.2) is 4.68 Å². The Hall–Kier alpha value is -3.33. The predicted octanol–water partition coefficient (Wildman–Crippen LogP) is 5.55. The second-order valence-corrected chi connectivity index (χ2v) is 9.28. The number of likely N-dealkylation sites (N-methyl/N-ethyl adjacent to an activating group) is 1. The topological polar surface area (TPSA) is 67.2 Å². The molecule has 0 saturated heterocycles. The van der Waals surface area contributed by atoms with E-state index in [1.807, 2.05) is 20.8 Å². The molecule has 0 atom stereocenters. The minimum absolute atomic E-state index is 0.161. The minimum atomic E-state index is -4.57. The summed E-state index contributed by atoms with van der Waals surface area (Å²) in [5, 5.41) is 7.89. The van der Waals surface area contributed by atoms with Crippen molar-refractivity contribution < 1.29 is 22.8 Å². The van der Waals surface area contributed by atoms with Gasteiger partial charge < -0.3 is 10.2 Å². The lowest BCUT2D eigenvalue weighted by Crippen LogP contribution is -2.35. The Bertz CT molecular complexity index is 1200. The van der Waals surface area contributed by atoms with E-state index in [-0.39, 0.29) is 17.5 Å². The summed E-state index contributed by atoms with van der Waals surface area (Å²) in [5.74, 6) is -0.849. The molecule has 0 fully saturated rings. The summed E-state index contributed by atoms with van der Waals surface area (Å²) in [5.41, 5.74) is 0.00631. The molecule has 6 nitrogen and oxygen atoms in total. The SMILES string of the molecule is CN(CC(=O)Nc1cc(C(C)(C)C)nn1-c1ccc(Cl)cc1)C(=O)c1cccc(C(F)(F)F)c1. The Labute approximate surface area is 200 Å². The lowest BCUT2D eigenvalue weighted by Gasteiger charge is -2.18. The Morgan fingerprint density at radius 1 is 1.06 bits per heavy atom. The highest BCUT2D eigenvalue weighted by molar-refractivity contribution is 6.30. The van der Waals surface area contributed by atoms with Gasteiger partial charge in [-0.2, -0.15) is 18.3 Å². The van der Waals surface area contributed by atoms with Crippen LogP contribution in [0.4, 0.5) is 19.0 Å². The number of nitrogens with one attached hydrogen (secondary N) is 1. The van der Waals surface area contributed by atoms with E-state index in [2.05, 4.69) is 10.4 Å². The van der Waals surface area contributed by atoms with Gasteiger partial charge in [0.05, 0.1) is 23.5 Å². The van der Waals surface area contributed by atoms with Gasteiger partial charge in [-0.3, -0.25) is 9.59 Å². The summed E-state index contributed by atoms with van der Waals surface area (Å²) < 4.78 is 40.5. The number of hydrogen-bond acceptors (Lipinski definition) is 3. The monoisotopic (exact) mass is 492 g/mol. The number of benzene rings is 2. The highest BCUT2D eigenvalue weighted by atomic mass is 35.5. The van der Waals surface area contributed by atoms with Crippen molar-refractivity contribution in [2.24, 2.45) is 0 Å². The largest absolute Gasteiger partial charge is 0.416 e. The first-order chi connectivity index (χ1) is 15.8. The number of carbonyl (C=O) groups is 2. The zero-order chi connectivity index (χ0) is 25.3. The third-order valence-corrected chi connectivity index (χ3v) is 5.23. The number of hydrogen-bond donors (Lipinski definition) is 1. The van der Waals surface area contributed by atoms with E-state index in [0.717, 1.165) is 28.8 Å². The van der Waals surface area contributed by atoms with Crippen LogP contribution in [0.1, 0.15) is 42.4 Å². The number of halogens is 4. The molecule has 0 aliphatic heterocycles. The minimum Gasteiger partial charge on any atom is -0.332 e. The molecule has 0 spiro atoms. The van der Waals surface area contributed by atoms with Crippen molar-refractivity contribution in [3.63, 3.8) is 0 Å². The molecule has 1 aromatic heterocycles.